The number of carboxylic acids is 1. The Bertz CT molecular complexity index is 560. The minimum atomic E-state index is -0.819. The van der Waals surface area contributed by atoms with E-state index < -0.39 is 11.9 Å². The first-order chi connectivity index (χ1) is 8.13. The van der Waals surface area contributed by atoms with Crippen LogP contribution in [-0.2, 0) is 4.79 Å². The molecule has 1 N–H and O–H groups in total. The van der Waals surface area contributed by atoms with Crippen molar-refractivity contribution in [2.24, 2.45) is 0 Å². The summed E-state index contributed by atoms with van der Waals surface area (Å²) in [5.41, 5.74) is 0.814. The average Bonchev–Trinajstić information content (AvgIpc) is 2.36. The van der Waals surface area contributed by atoms with Crippen molar-refractivity contribution in [3.63, 3.8) is 0 Å². The van der Waals surface area contributed by atoms with E-state index in [2.05, 4.69) is 0 Å². The lowest BCUT2D eigenvalue weighted by molar-refractivity contribution is -0.138. The predicted molar refractivity (Wildman–Crippen MR) is 66.6 cm³/mol. The van der Waals surface area contributed by atoms with Crippen LogP contribution < -0.4 is 4.74 Å². The molecule has 0 bridgehead atoms. The molecule has 2 aromatic carbocycles. The van der Waals surface area contributed by atoms with Crippen LogP contribution >= 0.6 is 0 Å². The number of hydrogen-bond donors (Lipinski definition) is 1. The van der Waals surface area contributed by atoms with Gasteiger partial charge in [0.15, 0.2) is 0 Å². The van der Waals surface area contributed by atoms with E-state index in [1.165, 1.54) is 0 Å². The van der Waals surface area contributed by atoms with Crippen molar-refractivity contribution in [2.45, 2.75) is 12.8 Å². The van der Waals surface area contributed by atoms with Crippen molar-refractivity contribution in [2.75, 3.05) is 7.11 Å². The summed E-state index contributed by atoms with van der Waals surface area (Å²) in [6.45, 7) is 1.69. The second-order valence-electron chi connectivity index (χ2n) is 3.99. The molecule has 2 aromatic rings. The number of methoxy groups -OCH3 is 1. The van der Waals surface area contributed by atoms with Crippen LogP contribution in [0.4, 0.5) is 0 Å². The van der Waals surface area contributed by atoms with Gasteiger partial charge in [-0.05, 0) is 35.4 Å². The molecule has 0 aliphatic carbocycles. The number of rotatable bonds is 3. The molecular weight excluding hydrogens is 216 g/mol. The molecule has 0 fully saturated rings. The van der Waals surface area contributed by atoms with Gasteiger partial charge in [-0.25, -0.2) is 0 Å². The van der Waals surface area contributed by atoms with Gasteiger partial charge in [0.05, 0.1) is 13.0 Å². The third kappa shape index (κ3) is 2.09. The topological polar surface area (TPSA) is 46.5 Å². The quantitative estimate of drug-likeness (QED) is 0.881. The van der Waals surface area contributed by atoms with E-state index >= 15 is 0 Å². The predicted octanol–water partition coefficient (Wildman–Crippen LogP) is 3.04. The van der Waals surface area contributed by atoms with Gasteiger partial charge in [-0.2, -0.15) is 0 Å². The molecule has 0 amide bonds. The third-order valence-corrected chi connectivity index (χ3v) is 2.96. The molecule has 0 heterocycles. The maximum absolute atomic E-state index is 11.1. The Morgan fingerprint density at radius 1 is 1.29 bits per heavy atom. The normalized spacial score (nSPS) is 12.4. The van der Waals surface area contributed by atoms with Gasteiger partial charge in [-0.15, -0.1) is 0 Å². The van der Waals surface area contributed by atoms with Crippen LogP contribution in [0.15, 0.2) is 36.4 Å². The minimum Gasteiger partial charge on any atom is -0.497 e. The Labute approximate surface area is 99.6 Å². The number of carbonyl (C=O) groups is 1. The number of hydrogen-bond acceptors (Lipinski definition) is 2. The number of ether oxygens (including phenoxy) is 1. The third-order valence-electron chi connectivity index (χ3n) is 2.96. The van der Waals surface area contributed by atoms with Gasteiger partial charge in [-0.3, -0.25) is 4.79 Å². The summed E-state index contributed by atoms with van der Waals surface area (Å²) in [6.07, 6.45) is 0. The van der Waals surface area contributed by atoms with Crippen molar-refractivity contribution in [1.29, 1.82) is 0 Å². The Balaban J connectivity index is 2.66. The molecule has 0 aliphatic heterocycles. The van der Waals surface area contributed by atoms with Crippen molar-refractivity contribution >= 4 is 16.7 Å². The van der Waals surface area contributed by atoms with Gasteiger partial charge in [-0.1, -0.05) is 24.3 Å². The average molecular weight is 230 g/mol. The lowest BCUT2D eigenvalue weighted by Gasteiger charge is -2.11. The van der Waals surface area contributed by atoms with Crippen molar-refractivity contribution in [3.8, 4) is 5.75 Å². The summed E-state index contributed by atoms with van der Waals surface area (Å²) in [6, 6.07) is 11.4. The Hall–Kier alpha value is -2.03. The fourth-order valence-electron chi connectivity index (χ4n) is 1.91. The van der Waals surface area contributed by atoms with E-state index in [4.69, 9.17) is 9.84 Å². The van der Waals surface area contributed by atoms with E-state index in [1.807, 2.05) is 36.4 Å². The summed E-state index contributed by atoms with van der Waals surface area (Å²) in [5, 5.41) is 11.0. The molecule has 88 valence electrons. The van der Waals surface area contributed by atoms with Gasteiger partial charge < -0.3 is 9.84 Å². The van der Waals surface area contributed by atoms with Crippen molar-refractivity contribution in [3.05, 3.63) is 42.0 Å². The van der Waals surface area contributed by atoms with E-state index in [0.29, 0.717) is 0 Å². The van der Waals surface area contributed by atoms with Gasteiger partial charge in [0.2, 0.25) is 0 Å². The molecule has 0 spiro atoms. The molecule has 17 heavy (non-hydrogen) atoms. The van der Waals surface area contributed by atoms with Crippen LogP contribution in [0.2, 0.25) is 0 Å². The first kappa shape index (κ1) is 11.5. The van der Waals surface area contributed by atoms with Gasteiger partial charge in [0, 0.05) is 0 Å². The molecule has 2 rings (SSSR count). The van der Waals surface area contributed by atoms with Crippen molar-refractivity contribution in [1.82, 2.24) is 0 Å². The number of benzene rings is 2. The van der Waals surface area contributed by atoms with Crippen LogP contribution in [-0.4, -0.2) is 18.2 Å². The molecule has 1 unspecified atom stereocenters. The van der Waals surface area contributed by atoms with E-state index in [0.717, 1.165) is 22.1 Å². The van der Waals surface area contributed by atoms with Crippen LogP contribution in [0.25, 0.3) is 10.8 Å². The smallest absolute Gasteiger partial charge is 0.310 e. The summed E-state index contributed by atoms with van der Waals surface area (Å²) in [5.74, 6) is -0.603. The number of fused-ring (bicyclic) bond motifs is 1. The van der Waals surface area contributed by atoms with Crippen LogP contribution in [0, 0.1) is 0 Å². The molecule has 3 heteroatoms. The lowest BCUT2D eigenvalue weighted by atomic mass is 9.95. The van der Waals surface area contributed by atoms with E-state index in [9.17, 15) is 4.79 Å². The van der Waals surface area contributed by atoms with E-state index in [1.54, 1.807) is 14.0 Å². The minimum absolute atomic E-state index is 0.522. The molecule has 0 saturated carbocycles. The second-order valence-corrected chi connectivity index (χ2v) is 3.99. The Kier molecular flexibility index (Phi) is 3.00. The largest absolute Gasteiger partial charge is 0.497 e. The molecular formula is C14H14O3. The summed E-state index contributed by atoms with van der Waals surface area (Å²) < 4.78 is 5.17. The molecule has 0 aromatic heterocycles. The fourth-order valence-corrected chi connectivity index (χ4v) is 1.91. The Morgan fingerprint density at radius 2 is 2.06 bits per heavy atom. The highest BCUT2D eigenvalue weighted by molar-refractivity contribution is 5.91. The maximum Gasteiger partial charge on any atom is 0.310 e. The summed E-state index contributed by atoms with van der Waals surface area (Å²) >= 11 is 0. The van der Waals surface area contributed by atoms with Gasteiger partial charge >= 0.3 is 5.97 Å². The zero-order valence-electron chi connectivity index (χ0n) is 9.81. The maximum atomic E-state index is 11.1. The summed E-state index contributed by atoms with van der Waals surface area (Å²) in [4.78, 5) is 11.1. The Morgan fingerprint density at radius 3 is 2.71 bits per heavy atom. The monoisotopic (exact) mass is 230 g/mol. The molecule has 3 nitrogen and oxygen atoms in total. The number of aliphatic carboxylic acids is 1. The molecule has 0 radical (unpaired) electrons. The highest BCUT2D eigenvalue weighted by Gasteiger charge is 2.16. The first-order valence-corrected chi connectivity index (χ1v) is 5.43. The molecule has 0 saturated heterocycles. The standard InChI is InChI=1S/C14H14O3/c1-9(14(15)16)12-5-3-4-10-6-7-11(17-2)8-13(10)12/h3-9H,1-2H3,(H,15,16). The molecule has 1 atom stereocenters. The van der Waals surface area contributed by atoms with Crippen LogP contribution in [0.5, 0.6) is 5.75 Å². The van der Waals surface area contributed by atoms with Crippen molar-refractivity contribution < 1.29 is 14.6 Å². The summed E-state index contributed by atoms with van der Waals surface area (Å²) in [7, 11) is 1.60. The highest BCUT2D eigenvalue weighted by atomic mass is 16.5. The SMILES string of the molecule is COc1ccc2cccc(C(C)C(=O)O)c2c1. The lowest BCUT2D eigenvalue weighted by Crippen LogP contribution is -2.07. The zero-order valence-corrected chi connectivity index (χ0v) is 9.81. The van der Waals surface area contributed by atoms with Gasteiger partial charge in [0.1, 0.15) is 5.75 Å². The zero-order chi connectivity index (χ0) is 12.4. The first-order valence-electron chi connectivity index (χ1n) is 5.43. The molecule has 0 aliphatic rings. The van der Waals surface area contributed by atoms with Crippen LogP contribution in [0.1, 0.15) is 18.4 Å². The van der Waals surface area contributed by atoms with Crippen LogP contribution in [0.3, 0.4) is 0 Å². The van der Waals surface area contributed by atoms with E-state index in [-0.39, 0.29) is 0 Å². The fraction of sp³-hybridized carbons (Fsp3) is 0.214. The highest BCUT2D eigenvalue weighted by Crippen LogP contribution is 2.28. The van der Waals surface area contributed by atoms with Gasteiger partial charge in [0.25, 0.3) is 0 Å². The number of carboxylic acid groups (broad SMARTS) is 1. The second kappa shape index (κ2) is 4.45.